The Hall–Kier alpha value is -1.89. The Labute approximate surface area is 224 Å². The maximum Gasteiger partial charge on any atom is 0.260 e. The number of anilines is 1. The third-order valence-electron chi connectivity index (χ3n) is 6.58. The maximum absolute atomic E-state index is 13.7. The lowest BCUT2D eigenvalue weighted by Gasteiger charge is -2.27. The summed E-state index contributed by atoms with van der Waals surface area (Å²) < 4.78 is 34.7. The Morgan fingerprint density at radius 1 is 1.06 bits per heavy atom. The van der Waals surface area contributed by atoms with Crippen LogP contribution < -0.4 is 4.90 Å². The zero-order chi connectivity index (χ0) is 25.1. The average molecular weight is 594 g/mol. The van der Waals surface area contributed by atoms with Gasteiger partial charge in [0.25, 0.3) is 5.91 Å². The Morgan fingerprint density at radius 3 is 2.50 bits per heavy atom. The molecule has 3 heterocycles. The van der Waals surface area contributed by atoms with Gasteiger partial charge in [0.15, 0.2) is 5.13 Å². The third kappa shape index (κ3) is 5.66. The summed E-state index contributed by atoms with van der Waals surface area (Å²) in [6, 6.07) is 12.2. The van der Waals surface area contributed by atoms with E-state index in [1.165, 1.54) is 15.6 Å². The van der Waals surface area contributed by atoms with Crippen LogP contribution in [-0.2, 0) is 14.8 Å². The molecule has 0 N–H and O–H groups in total. The molecule has 0 spiro atoms. The number of morpholine rings is 1. The highest BCUT2D eigenvalue weighted by molar-refractivity contribution is 9.10. The van der Waals surface area contributed by atoms with Crippen LogP contribution in [0.5, 0.6) is 0 Å². The van der Waals surface area contributed by atoms with E-state index in [-0.39, 0.29) is 10.8 Å². The van der Waals surface area contributed by atoms with Crippen molar-refractivity contribution in [1.29, 1.82) is 0 Å². The highest BCUT2D eigenvalue weighted by atomic mass is 79.9. The maximum atomic E-state index is 13.7. The number of aromatic nitrogens is 1. The molecule has 2 saturated heterocycles. The lowest BCUT2D eigenvalue weighted by Crippen LogP contribution is -2.39. The molecule has 0 bridgehead atoms. The van der Waals surface area contributed by atoms with E-state index in [1.807, 2.05) is 18.2 Å². The molecule has 2 aromatic carbocycles. The molecule has 192 valence electrons. The van der Waals surface area contributed by atoms with Crippen molar-refractivity contribution in [2.24, 2.45) is 0 Å². The van der Waals surface area contributed by atoms with Crippen LogP contribution in [0.1, 0.15) is 29.6 Å². The van der Waals surface area contributed by atoms with Crippen LogP contribution in [-0.4, -0.2) is 81.0 Å². The van der Waals surface area contributed by atoms with Crippen LogP contribution in [0.4, 0.5) is 5.13 Å². The van der Waals surface area contributed by atoms with Crippen LogP contribution >= 0.6 is 27.3 Å². The van der Waals surface area contributed by atoms with Gasteiger partial charge in [0.1, 0.15) is 0 Å². The number of hydrogen-bond acceptors (Lipinski definition) is 7. The predicted octanol–water partition coefficient (Wildman–Crippen LogP) is 4.21. The fourth-order valence-electron chi connectivity index (χ4n) is 4.57. The van der Waals surface area contributed by atoms with Gasteiger partial charge in [-0.05, 0) is 61.7 Å². The van der Waals surface area contributed by atoms with E-state index in [0.717, 1.165) is 66.8 Å². The number of carbonyl (C=O) groups excluding carboxylic acids is 1. The largest absolute Gasteiger partial charge is 0.379 e. The molecule has 0 atom stereocenters. The molecule has 3 aromatic rings. The number of rotatable bonds is 8. The molecular formula is C25H29BrN4O4S2. The molecule has 1 amide bonds. The van der Waals surface area contributed by atoms with Crippen molar-refractivity contribution >= 4 is 58.5 Å². The molecule has 0 unspecified atom stereocenters. The normalized spacial score (nSPS) is 17.6. The predicted molar refractivity (Wildman–Crippen MR) is 145 cm³/mol. The SMILES string of the molecule is O=C(c1ccc(S(=O)(=O)N2CCCC2)cc1)N(CCCN1CCOCC1)c1nc2ccc(Br)cc2s1. The van der Waals surface area contributed by atoms with Crippen LogP contribution in [0.2, 0.25) is 0 Å². The van der Waals surface area contributed by atoms with Crippen molar-refractivity contribution in [2.45, 2.75) is 24.2 Å². The van der Waals surface area contributed by atoms with E-state index in [9.17, 15) is 13.2 Å². The number of carbonyl (C=O) groups is 1. The van der Waals surface area contributed by atoms with Crippen molar-refractivity contribution in [3.63, 3.8) is 0 Å². The number of amides is 1. The zero-order valence-corrected chi connectivity index (χ0v) is 23.2. The van der Waals surface area contributed by atoms with Gasteiger partial charge >= 0.3 is 0 Å². The van der Waals surface area contributed by atoms with Gasteiger partial charge < -0.3 is 4.74 Å². The molecule has 11 heteroatoms. The van der Waals surface area contributed by atoms with Crippen LogP contribution in [0.25, 0.3) is 10.2 Å². The first-order valence-electron chi connectivity index (χ1n) is 12.2. The number of ether oxygens (including phenoxy) is 1. The first-order chi connectivity index (χ1) is 17.4. The zero-order valence-electron chi connectivity index (χ0n) is 19.9. The van der Waals surface area contributed by atoms with E-state index in [4.69, 9.17) is 9.72 Å². The van der Waals surface area contributed by atoms with Gasteiger partial charge in [-0.1, -0.05) is 27.3 Å². The number of sulfonamides is 1. The van der Waals surface area contributed by atoms with Gasteiger partial charge in [0.05, 0.1) is 28.3 Å². The number of hydrogen-bond donors (Lipinski definition) is 0. The van der Waals surface area contributed by atoms with Crippen molar-refractivity contribution in [2.75, 3.05) is 57.4 Å². The number of nitrogens with zero attached hydrogens (tertiary/aromatic N) is 4. The van der Waals surface area contributed by atoms with E-state index in [1.54, 1.807) is 29.2 Å². The Balaban J connectivity index is 1.37. The second-order valence-electron chi connectivity index (χ2n) is 9.01. The molecule has 1 aromatic heterocycles. The van der Waals surface area contributed by atoms with Crippen LogP contribution in [0.15, 0.2) is 51.8 Å². The summed E-state index contributed by atoms with van der Waals surface area (Å²) in [5, 5.41) is 0.642. The van der Waals surface area contributed by atoms with Crippen molar-refractivity contribution in [1.82, 2.24) is 14.2 Å². The van der Waals surface area contributed by atoms with Gasteiger partial charge in [-0.3, -0.25) is 14.6 Å². The van der Waals surface area contributed by atoms with Gasteiger partial charge in [0.2, 0.25) is 10.0 Å². The third-order valence-corrected chi connectivity index (χ3v) is 10.0. The first kappa shape index (κ1) is 25.7. The fourth-order valence-corrected chi connectivity index (χ4v) is 7.62. The van der Waals surface area contributed by atoms with Gasteiger partial charge in [0, 0.05) is 49.3 Å². The molecule has 2 aliphatic rings. The van der Waals surface area contributed by atoms with E-state index < -0.39 is 10.0 Å². The van der Waals surface area contributed by atoms with E-state index >= 15 is 0 Å². The molecule has 0 saturated carbocycles. The number of fused-ring (bicyclic) bond motifs is 1. The quantitative estimate of drug-likeness (QED) is 0.389. The first-order valence-corrected chi connectivity index (χ1v) is 15.2. The second-order valence-corrected chi connectivity index (χ2v) is 12.9. The lowest BCUT2D eigenvalue weighted by atomic mass is 10.2. The Morgan fingerprint density at radius 2 is 1.78 bits per heavy atom. The van der Waals surface area contributed by atoms with E-state index in [0.29, 0.717) is 30.3 Å². The van der Waals surface area contributed by atoms with Gasteiger partial charge in [-0.25, -0.2) is 13.4 Å². The summed E-state index contributed by atoms with van der Waals surface area (Å²) in [6.45, 7) is 5.76. The molecule has 36 heavy (non-hydrogen) atoms. The lowest BCUT2D eigenvalue weighted by molar-refractivity contribution is 0.0376. The number of thiazole rings is 1. The van der Waals surface area contributed by atoms with Gasteiger partial charge in [-0.15, -0.1) is 0 Å². The molecule has 2 aliphatic heterocycles. The number of benzene rings is 2. The topological polar surface area (TPSA) is 83.1 Å². The summed E-state index contributed by atoms with van der Waals surface area (Å²) in [6.07, 6.45) is 2.56. The van der Waals surface area contributed by atoms with Crippen LogP contribution in [0, 0.1) is 0 Å². The highest BCUT2D eigenvalue weighted by Gasteiger charge is 2.28. The fraction of sp³-hybridized carbons (Fsp3) is 0.440. The minimum atomic E-state index is -3.52. The Kier molecular flexibility index (Phi) is 8.04. The molecule has 8 nitrogen and oxygen atoms in total. The van der Waals surface area contributed by atoms with Gasteiger partial charge in [-0.2, -0.15) is 4.31 Å². The standard InChI is InChI=1S/C25H29BrN4O4S2/c26-20-6-9-22-23(18-20)35-25(27-22)30(13-3-10-28-14-16-34-17-15-28)24(31)19-4-7-21(8-5-19)36(32,33)29-11-1-2-12-29/h4-9,18H,1-3,10-17H2. The smallest absolute Gasteiger partial charge is 0.260 e. The molecule has 0 radical (unpaired) electrons. The second kappa shape index (κ2) is 11.2. The minimum absolute atomic E-state index is 0.180. The molecule has 0 aliphatic carbocycles. The Bertz CT molecular complexity index is 1320. The summed E-state index contributed by atoms with van der Waals surface area (Å²) in [5.74, 6) is -0.180. The van der Waals surface area contributed by atoms with E-state index in [2.05, 4.69) is 20.8 Å². The van der Waals surface area contributed by atoms with Crippen molar-refractivity contribution in [3.8, 4) is 0 Å². The highest BCUT2D eigenvalue weighted by Crippen LogP contribution is 2.32. The van der Waals surface area contributed by atoms with Crippen LogP contribution in [0.3, 0.4) is 0 Å². The number of halogens is 1. The minimum Gasteiger partial charge on any atom is -0.379 e. The molecular weight excluding hydrogens is 564 g/mol. The summed E-state index contributed by atoms with van der Waals surface area (Å²) in [4.78, 5) is 22.7. The van der Waals surface area contributed by atoms with Crippen molar-refractivity contribution < 1.29 is 17.9 Å². The average Bonchev–Trinajstić information content (AvgIpc) is 3.58. The molecule has 5 rings (SSSR count). The molecule has 2 fully saturated rings. The summed E-state index contributed by atoms with van der Waals surface area (Å²) >= 11 is 4.99. The summed E-state index contributed by atoms with van der Waals surface area (Å²) in [7, 11) is -3.52. The van der Waals surface area contributed by atoms with Crippen molar-refractivity contribution in [3.05, 3.63) is 52.5 Å². The summed E-state index contributed by atoms with van der Waals surface area (Å²) in [5.41, 5.74) is 1.29. The monoisotopic (exact) mass is 592 g/mol.